The Hall–Kier alpha value is 1.59. The second-order valence-corrected chi connectivity index (χ2v) is 17.9. The molecular weight excluding hydrogens is 425 g/mol. The van der Waals surface area contributed by atoms with Crippen LogP contribution in [0.2, 0.25) is 11.1 Å². The fourth-order valence-electron chi connectivity index (χ4n) is 2.21. The van der Waals surface area contributed by atoms with Crippen molar-refractivity contribution in [2.45, 2.75) is 24.9 Å². The van der Waals surface area contributed by atoms with Crippen LogP contribution in [0.5, 0.6) is 0 Å². The standard InChI is InChI=1S/C12H30O6S4Si2/c1-11(23(13-3,14-4)15-5)9-19-21-22-20-10-12(2)24(16-6,17-7)18-8/h11-12H,9-10H2,1-8H3. The van der Waals surface area contributed by atoms with Gasteiger partial charge in [-0.2, -0.15) is 0 Å². The Morgan fingerprint density at radius 3 is 1.04 bits per heavy atom. The average Bonchev–Trinajstić information content (AvgIpc) is 2.62. The maximum absolute atomic E-state index is 5.50. The summed E-state index contributed by atoms with van der Waals surface area (Å²) in [4.78, 5) is 0. The van der Waals surface area contributed by atoms with E-state index in [4.69, 9.17) is 26.6 Å². The third-order valence-corrected chi connectivity index (χ3v) is 17.3. The lowest BCUT2D eigenvalue weighted by Gasteiger charge is -2.30. The molecule has 0 saturated carbocycles. The first-order valence-electron chi connectivity index (χ1n) is 7.30. The summed E-state index contributed by atoms with van der Waals surface area (Å²) in [6, 6.07) is 0. The molecular formula is C12H30O6S4Si2. The Balaban J connectivity index is 4.07. The van der Waals surface area contributed by atoms with Gasteiger partial charge < -0.3 is 26.6 Å². The van der Waals surface area contributed by atoms with Gasteiger partial charge in [0.1, 0.15) is 0 Å². The van der Waals surface area contributed by atoms with Gasteiger partial charge in [-0.1, -0.05) is 35.4 Å². The van der Waals surface area contributed by atoms with Crippen molar-refractivity contribution in [2.24, 2.45) is 0 Å². The van der Waals surface area contributed by atoms with Crippen LogP contribution in [0.4, 0.5) is 0 Å². The molecule has 24 heavy (non-hydrogen) atoms. The Morgan fingerprint density at radius 2 is 0.833 bits per heavy atom. The lowest BCUT2D eigenvalue weighted by Crippen LogP contribution is -2.47. The molecule has 2 unspecified atom stereocenters. The normalized spacial score (nSPS) is 15.5. The smallest absolute Gasteiger partial charge is 0.377 e. The van der Waals surface area contributed by atoms with Crippen LogP contribution < -0.4 is 0 Å². The molecule has 0 amide bonds. The Kier molecular flexibility index (Phi) is 14.6. The monoisotopic (exact) mass is 454 g/mol. The highest BCUT2D eigenvalue weighted by atomic mass is 33.7. The van der Waals surface area contributed by atoms with Crippen molar-refractivity contribution in [2.75, 3.05) is 54.2 Å². The highest BCUT2D eigenvalue weighted by Gasteiger charge is 2.45. The van der Waals surface area contributed by atoms with Crippen LogP contribution in [0, 0.1) is 0 Å². The molecule has 12 heteroatoms. The van der Waals surface area contributed by atoms with Crippen molar-refractivity contribution in [1.82, 2.24) is 0 Å². The SMILES string of the molecule is CO[Si](OC)(OC)C(C)CSSSSCC(C)[Si](OC)(OC)OC. The largest absolute Gasteiger partial charge is 0.504 e. The van der Waals surface area contributed by atoms with Gasteiger partial charge in [-0.3, -0.25) is 0 Å². The second-order valence-electron chi connectivity index (χ2n) is 4.94. The quantitative estimate of drug-likeness (QED) is 0.204. The topological polar surface area (TPSA) is 55.4 Å². The van der Waals surface area contributed by atoms with E-state index in [9.17, 15) is 0 Å². The zero-order valence-corrected chi connectivity index (χ0v) is 20.9. The number of hydrogen-bond acceptors (Lipinski definition) is 10. The van der Waals surface area contributed by atoms with E-state index < -0.39 is 17.6 Å². The van der Waals surface area contributed by atoms with Crippen molar-refractivity contribution >= 4 is 58.8 Å². The molecule has 0 aliphatic rings. The minimum Gasteiger partial charge on any atom is -0.377 e. The van der Waals surface area contributed by atoms with Crippen molar-refractivity contribution in [3.63, 3.8) is 0 Å². The predicted molar refractivity (Wildman–Crippen MR) is 113 cm³/mol. The van der Waals surface area contributed by atoms with Gasteiger partial charge in [-0.15, -0.1) is 0 Å². The van der Waals surface area contributed by atoms with Gasteiger partial charge in [0.05, 0.1) is 0 Å². The van der Waals surface area contributed by atoms with E-state index in [0.717, 1.165) is 11.5 Å². The van der Waals surface area contributed by atoms with Crippen LogP contribution in [-0.2, 0) is 26.6 Å². The van der Waals surface area contributed by atoms with Gasteiger partial charge >= 0.3 is 17.6 Å². The Morgan fingerprint density at radius 1 is 0.583 bits per heavy atom. The molecule has 0 rings (SSSR count). The second kappa shape index (κ2) is 13.7. The Bertz CT molecular complexity index is 277. The summed E-state index contributed by atoms with van der Waals surface area (Å²) in [5.41, 5.74) is 0.463. The van der Waals surface area contributed by atoms with E-state index in [-0.39, 0.29) is 11.1 Å². The predicted octanol–water partition coefficient (Wildman–Crippen LogP) is 4.20. The summed E-state index contributed by atoms with van der Waals surface area (Å²) in [7, 11) is 11.9. The van der Waals surface area contributed by atoms with E-state index in [1.807, 2.05) is 0 Å². The average molecular weight is 455 g/mol. The summed E-state index contributed by atoms with van der Waals surface area (Å²) >= 11 is 0. The maximum Gasteiger partial charge on any atom is 0.504 e. The van der Waals surface area contributed by atoms with Crippen LogP contribution >= 0.6 is 41.2 Å². The molecule has 0 fully saturated rings. The van der Waals surface area contributed by atoms with Gasteiger partial charge in [0.25, 0.3) is 0 Å². The van der Waals surface area contributed by atoms with Crippen LogP contribution in [0.25, 0.3) is 0 Å². The van der Waals surface area contributed by atoms with Gasteiger partial charge in [0.2, 0.25) is 0 Å². The maximum atomic E-state index is 5.50. The molecule has 0 spiro atoms. The lowest BCUT2D eigenvalue weighted by atomic mass is 10.6. The Labute approximate surface area is 164 Å². The van der Waals surface area contributed by atoms with Crippen LogP contribution in [0.15, 0.2) is 0 Å². The fraction of sp³-hybridized carbons (Fsp3) is 1.00. The highest BCUT2D eigenvalue weighted by molar-refractivity contribution is 9.26. The van der Waals surface area contributed by atoms with Gasteiger partial charge in [-0.25, -0.2) is 0 Å². The first kappa shape index (κ1) is 25.6. The molecule has 0 heterocycles. The van der Waals surface area contributed by atoms with Crippen molar-refractivity contribution in [3.8, 4) is 0 Å². The van der Waals surface area contributed by atoms with E-state index in [1.165, 1.54) is 0 Å². The molecule has 6 nitrogen and oxygen atoms in total. The highest BCUT2D eigenvalue weighted by Crippen LogP contribution is 2.46. The molecule has 0 N–H and O–H groups in total. The molecule has 0 aliphatic heterocycles. The van der Waals surface area contributed by atoms with E-state index in [1.54, 1.807) is 83.9 Å². The molecule has 0 aliphatic carbocycles. The first-order valence-corrected chi connectivity index (χ1v) is 16.1. The molecule has 0 saturated heterocycles. The molecule has 0 aromatic heterocycles. The fourth-order valence-corrected chi connectivity index (χ4v) is 14.7. The van der Waals surface area contributed by atoms with Crippen molar-refractivity contribution in [3.05, 3.63) is 0 Å². The van der Waals surface area contributed by atoms with Crippen LogP contribution in [0.3, 0.4) is 0 Å². The summed E-state index contributed by atoms with van der Waals surface area (Å²) in [5.74, 6) is 1.81. The minimum atomic E-state index is -2.54. The summed E-state index contributed by atoms with van der Waals surface area (Å²) in [6.07, 6.45) is 0. The zero-order valence-electron chi connectivity index (χ0n) is 15.7. The van der Waals surface area contributed by atoms with E-state index in [0.29, 0.717) is 0 Å². The number of hydrogen-bond donors (Lipinski definition) is 0. The summed E-state index contributed by atoms with van der Waals surface area (Å²) in [6.45, 7) is 4.21. The van der Waals surface area contributed by atoms with Crippen LogP contribution in [-0.4, -0.2) is 71.8 Å². The van der Waals surface area contributed by atoms with Crippen LogP contribution in [0.1, 0.15) is 13.8 Å². The van der Waals surface area contributed by atoms with Gasteiger partial charge in [0.15, 0.2) is 0 Å². The zero-order chi connectivity index (χ0) is 18.6. The number of rotatable bonds is 15. The van der Waals surface area contributed by atoms with Gasteiger partial charge in [0, 0.05) is 65.2 Å². The van der Waals surface area contributed by atoms with E-state index >= 15 is 0 Å². The molecule has 0 aromatic rings. The van der Waals surface area contributed by atoms with Gasteiger partial charge in [-0.05, 0) is 19.7 Å². The third kappa shape index (κ3) is 7.31. The minimum absolute atomic E-state index is 0.232. The first-order chi connectivity index (χ1) is 11.4. The summed E-state index contributed by atoms with van der Waals surface area (Å²) < 4.78 is 33.0. The molecule has 2 atom stereocenters. The van der Waals surface area contributed by atoms with E-state index in [2.05, 4.69) is 13.8 Å². The third-order valence-electron chi connectivity index (χ3n) is 3.67. The lowest BCUT2D eigenvalue weighted by molar-refractivity contribution is 0.115. The molecule has 146 valence electrons. The summed E-state index contributed by atoms with van der Waals surface area (Å²) in [5, 5.41) is 0. The molecule has 0 bridgehead atoms. The van der Waals surface area contributed by atoms with Crippen molar-refractivity contribution < 1.29 is 26.6 Å². The molecule has 0 aromatic carbocycles. The van der Waals surface area contributed by atoms with Crippen molar-refractivity contribution in [1.29, 1.82) is 0 Å². The molecule has 0 radical (unpaired) electrons.